The van der Waals surface area contributed by atoms with Crippen molar-refractivity contribution in [3.8, 4) is 0 Å². The summed E-state index contributed by atoms with van der Waals surface area (Å²) in [4.78, 5) is 0. The van der Waals surface area contributed by atoms with Crippen molar-refractivity contribution in [1.82, 2.24) is 5.23 Å². The number of hydrogen-bond donors (Lipinski definition) is 1. The highest BCUT2D eigenvalue weighted by molar-refractivity contribution is 6.92. The van der Waals surface area contributed by atoms with Crippen LogP contribution in [0, 0.1) is 0 Å². The number of rotatable bonds is 1. The van der Waals surface area contributed by atoms with Crippen LogP contribution >= 0.6 is 11.5 Å². The van der Waals surface area contributed by atoms with Gasteiger partial charge in [-0.2, -0.15) is 11.5 Å². The van der Waals surface area contributed by atoms with Crippen LogP contribution in [0.15, 0.2) is 0 Å². The average molecular weight is 77.3 g/mol. The summed E-state index contributed by atoms with van der Waals surface area (Å²) in [6.07, 6.45) is 0. The van der Waals surface area contributed by atoms with Crippen LogP contribution in [0.5, 0.6) is 0 Å². The highest BCUT2D eigenvalue weighted by Crippen LogP contribution is 1.49. The van der Waals surface area contributed by atoms with Gasteiger partial charge in [0.15, 0.2) is 0 Å². The van der Waals surface area contributed by atoms with Gasteiger partial charge in [-0.15, -0.1) is 0 Å². The zero-order chi connectivity index (χ0) is 3.41. The summed E-state index contributed by atoms with van der Waals surface area (Å²) in [6.45, 7) is 0.542. The van der Waals surface area contributed by atoms with Crippen LogP contribution < -0.4 is 5.23 Å². The van der Waals surface area contributed by atoms with E-state index in [1.807, 2.05) is 0 Å². The highest BCUT2D eigenvalue weighted by Gasteiger charge is 1.61. The van der Waals surface area contributed by atoms with Crippen LogP contribution in [0.2, 0.25) is 0 Å². The molecule has 0 spiro atoms. The molecule has 0 heterocycles. The number of hydrogen-bond acceptors (Lipinski definition) is 1. The van der Waals surface area contributed by atoms with E-state index in [1.165, 1.54) is 0 Å². The Kier molecular flexibility index (Phi) is 3.58. The minimum atomic E-state index is 0.542. The zero-order valence-corrected chi connectivity index (χ0v) is 3.34. The van der Waals surface area contributed by atoms with E-state index in [0.29, 0.717) is 6.83 Å². The first-order valence-electron chi connectivity index (χ1n) is 1.12. The lowest BCUT2D eigenvalue weighted by molar-refractivity contribution is 1.27. The molecule has 0 aromatic rings. The zero-order valence-electron chi connectivity index (χ0n) is 2.59. The molecule has 0 atom stereocenters. The third kappa shape index (κ3) is 2.31. The van der Waals surface area contributed by atoms with Gasteiger partial charge in [0, 0.05) is 0 Å². The molecule has 0 amide bonds. The fourth-order valence-electron chi connectivity index (χ4n) is 0. The van der Waals surface area contributed by atoms with Crippen LogP contribution in [0.1, 0.15) is 0 Å². The lowest BCUT2D eigenvalue weighted by atomic mass is 10.4. The SMILES string of the molecule is CNBCl. The molecular formula is CH5BClN. The summed E-state index contributed by atoms with van der Waals surface area (Å²) < 4.78 is 0. The maximum absolute atomic E-state index is 5.07. The lowest BCUT2D eigenvalue weighted by Crippen LogP contribution is -2.03. The van der Waals surface area contributed by atoms with Crippen molar-refractivity contribution >= 4 is 18.3 Å². The van der Waals surface area contributed by atoms with Crippen LogP contribution in [0.25, 0.3) is 0 Å². The molecule has 4 heavy (non-hydrogen) atoms. The molecule has 3 heteroatoms. The molecular weight excluding hydrogens is 72.3 g/mol. The monoisotopic (exact) mass is 77.0 g/mol. The molecule has 0 fully saturated rings. The summed E-state index contributed by atoms with van der Waals surface area (Å²) in [6, 6.07) is 0. The predicted octanol–water partition coefficient (Wildman–Crippen LogP) is -0.289. The van der Waals surface area contributed by atoms with Gasteiger partial charge in [0.2, 0.25) is 0 Å². The van der Waals surface area contributed by atoms with Crippen LogP contribution in [0.3, 0.4) is 0 Å². The molecule has 1 N–H and O–H groups in total. The average Bonchev–Trinajstić information content (AvgIpc) is 1.37. The summed E-state index contributed by atoms with van der Waals surface area (Å²) in [5.41, 5.74) is 0. The van der Waals surface area contributed by atoms with E-state index in [1.54, 1.807) is 7.05 Å². The second kappa shape index (κ2) is 3.31. The van der Waals surface area contributed by atoms with E-state index in [4.69, 9.17) is 11.5 Å². The molecule has 0 unspecified atom stereocenters. The Morgan fingerprint density at radius 3 is 2.25 bits per heavy atom. The first-order chi connectivity index (χ1) is 1.91. The molecule has 0 rings (SSSR count). The molecule has 0 aliphatic rings. The van der Waals surface area contributed by atoms with Crippen molar-refractivity contribution in [2.45, 2.75) is 0 Å². The summed E-state index contributed by atoms with van der Waals surface area (Å²) in [5.74, 6) is 0. The van der Waals surface area contributed by atoms with Crippen molar-refractivity contribution in [1.29, 1.82) is 0 Å². The lowest BCUT2D eigenvalue weighted by Gasteiger charge is -1.69. The van der Waals surface area contributed by atoms with Crippen LogP contribution in [-0.2, 0) is 0 Å². The second-order valence-corrected chi connectivity index (χ2v) is 0.754. The van der Waals surface area contributed by atoms with Crippen molar-refractivity contribution in [2.24, 2.45) is 0 Å². The maximum atomic E-state index is 5.07. The Balaban J connectivity index is 1.97. The van der Waals surface area contributed by atoms with Gasteiger partial charge in [0.25, 0.3) is 0 Å². The van der Waals surface area contributed by atoms with Gasteiger partial charge in [0.1, 0.15) is 0 Å². The fraction of sp³-hybridized carbons (Fsp3) is 1.00. The normalized spacial score (nSPS) is 6.50. The molecule has 0 aliphatic heterocycles. The first-order valence-corrected chi connectivity index (χ1v) is 1.66. The predicted molar refractivity (Wildman–Crippen MR) is 22.1 cm³/mol. The van der Waals surface area contributed by atoms with E-state index in [-0.39, 0.29) is 0 Å². The van der Waals surface area contributed by atoms with Gasteiger partial charge in [-0.1, -0.05) is 0 Å². The molecule has 0 bridgehead atoms. The first kappa shape index (κ1) is 4.31. The van der Waals surface area contributed by atoms with Crippen molar-refractivity contribution < 1.29 is 0 Å². The molecule has 0 aliphatic carbocycles. The van der Waals surface area contributed by atoms with E-state index < -0.39 is 0 Å². The Morgan fingerprint density at radius 2 is 2.25 bits per heavy atom. The Morgan fingerprint density at radius 1 is 2.00 bits per heavy atom. The summed E-state index contributed by atoms with van der Waals surface area (Å²) >= 11 is 5.07. The van der Waals surface area contributed by atoms with Crippen LogP contribution in [-0.4, -0.2) is 13.9 Å². The van der Waals surface area contributed by atoms with Gasteiger partial charge in [-0.05, 0) is 7.05 Å². The van der Waals surface area contributed by atoms with Gasteiger partial charge >= 0.3 is 6.83 Å². The standard InChI is InChI=1S/CH5BClN/c1-4-2-3/h2,4H,1H3. The molecule has 0 aromatic carbocycles. The molecule has 0 saturated heterocycles. The van der Waals surface area contributed by atoms with E-state index >= 15 is 0 Å². The van der Waals surface area contributed by atoms with Crippen molar-refractivity contribution in [3.63, 3.8) is 0 Å². The quantitative estimate of drug-likeness (QED) is 0.424. The molecule has 0 aromatic heterocycles. The van der Waals surface area contributed by atoms with Crippen LogP contribution in [0.4, 0.5) is 0 Å². The highest BCUT2D eigenvalue weighted by atomic mass is 35.5. The van der Waals surface area contributed by atoms with Gasteiger partial charge < -0.3 is 5.23 Å². The smallest absolute Gasteiger partial charge is 0.310 e. The van der Waals surface area contributed by atoms with Gasteiger partial charge in [-0.25, -0.2) is 0 Å². The third-order valence-electron chi connectivity index (χ3n) is 0.134. The Bertz CT molecular complexity index is 10.0. The van der Waals surface area contributed by atoms with Gasteiger partial charge in [-0.3, -0.25) is 0 Å². The molecule has 0 saturated carbocycles. The van der Waals surface area contributed by atoms with Crippen molar-refractivity contribution in [3.05, 3.63) is 0 Å². The molecule has 0 radical (unpaired) electrons. The second-order valence-electron chi connectivity index (χ2n) is 0.487. The topological polar surface area (TPSA) is 12.0 Å². The summed E-state index contributed by atoms with van der Waals surface area (Å²) in [5, 5.41) is 2.70. The van der Waals surface area contributed by atoms with E-state index in [9.17, 15) is 0 Å². The Labute approximate surface area is 31.5 Å². The summed E-state index contributed by atoms with van der Waals surface area (Å²) in [7, 11) is 1.80. The Hall–Kier alpha value is 0.315. The third-order valence-corrected chi connectivity index (χ3v) is 0.401. The van der Waals surface area contributed by atoms with Gasteiger partial charge in [0.05, 0.1) is 0 Å². The largest absolute Gasteiger partial charge is 0.348 e. The maximum Gasteiger partial charge on any atom is 0.310 e. The van der Waals surface area contributed by atoms with E-state index in [2.05, 4.69) is 5.23 Å². The minimum Gasteiger partial charge on any atom is -0.348 e. The number of halogens is 1. The van der Waals surface area contributed by atoms with Crippen molar-refractivity contribution in [2.75, 3.05) is 7.05 Å². The minimum absolute atomic E-state index is 0.542. The molecule has 1 nitrogen and oxygen atoms in total. The number of nitrogens with one attached hydrogen (secondary N) is 1. The molecule has 24 valence electrons. The van der Waals surface area contributed by atoms with E-state index in [0.717, 1.165) is 0 Å². The fourth-order valence-corrected chi connectivity index (χ4v) is 0.